The lowest BCUT2D eigenvalue weighted by atomic mass is 10.0. The van der Waals surface area contributed by atoms with Gasteiger partial charge in [-0.3, -0.25) is 9.59 Å². The number of ketones is 2. The summed E-state index contributed by atoms with van der Waals surface area (Å²) in [4.78, 5) is 25.2. The van der Waals surface area contributed by atoms with Gasteiger partial charge in [-0.15, -0.1) is 0 Å². The summed E-state index contributed by atoms with van der Waals surface area (Å²) in [5.74, 6) is 0.185. The van der Waals surface area contributed by atoms with Crippen LogP contribution >= 0.6 is 0 Å². The molecule has 162 valence electrons. The molecule has 2 aromatic carbocycles. The Morgan fingerprint density at radius 2 is 1.50 bits per heavy atom. The van der Waals surface area contributed by atoms with Crippen molar-refractivity contribution in [2.75, 3.05) is 14.2 Å². The van der Waals surface area contributed by atoms with Crippen molar-refractivity contribution in [1.82, 2.24) is 0 Å². The Labute approximate surface area is 178 Å². The zero-order chi connectivity index (χ0) is 22.7. The van der Waals surface area contributed by atoms with Gasteiger partial charge in [-0.2, -0.15) is 0 Å². The second-order valence-corrected chi connectivity index (χ2v) is 13.3. The monoisotopic (exact) mass is 430 g/mol. The van der Waals surface area contributed by atoms with Gasteiger partial charge in [0.2, 0.25) is 0 Å². The third-order valence-corrected chi connectivity index (χ3v) is 9.80. The molecule has 7 heteroatoms. The summed E-state index contributed by atoms with van der Waals surface area (Å²) in [6.45, 7) is 10.6. The average molecular weight is 431 g/mol. The molecule has 30 heavy (non-hydrogen) atoms. The van der Waals surface area contributed by atoms with Gasteiger partial charge in [0.15, 0.2) is 28.8 Å². The van der Waals surface area contributed by atoms with Crippen LogP contribution in [0, 0.1) is 0 Å². The third kappa shape index (κ3) is 5.02. The second-order valence-electron chi connectivity index (χ2n) is 8.61. The number of aromatic hydroxyl groups is 1. The summed E-state index contributed by atoms with van der Waals surface area (Å²) in [7, 11) is 0.800. The lowest BCUT2D eigenvalue weighted by molar-refractivity contribution is 0.0892. The lowest BCUT2D eigenvalue weighted by Crippen LogP contribution is -2.44. The molecule has 2 rings (SSSR count). The number of ether oxygens (including phenoxy) is 2. The second kappa shape index (κ2) is 8.91. The fourth-order valence-corrected chi connectivity index (χ4v) is 3.62. The van der Waals surface area contributed by atoms with Crippen LogP contribution in [0.4, 0.5) is 0 Å². The minimum atomic E-state index is -2.19. The van der Waals surface area contributed by atoms with Crippen LogP contribution in [0.2, 0.25) is 18.1 Å². The topological polar surface area (TPSA) is 82.1 Å². The molecule has 2 aromatic rings. The molecule has 0 amide bonds. The normalized spacial score (nSPS) is 11.7. The molecule has 0 aliphatic heterocycles. The van der Waals surface area contributed by atoms with E-state index in [9.17, 15) is 14.7 Å². The summed E-state index contributed by atoms with van der Waals surface area (Å²) < 4.78 is 17.4. The van der Waals surface area contributed by atoms with Gasteiger partial charge in [0.05, 0.1) is 26.2 Å². The van der Waals surface area contributed by atoms with Gasteiger partial charge in [-0.25, -0.2) is 0 Å². The predicted octanol–water partition coefficient (Wildman–Crippen LogP) is 5.25. The molecule has 0 aliphatic carbocycles. The Bertz CT molecular complexity index is 918. The standard InChI is InChI=1S/C23H30O6Si/c1-23(2,3)30(6,7)29-22-20(27-4)12-15(13-21(22)28-5)18(25)14-19(26)16-10-8-9-11-17(16)24/h8-13,24H,14H2,1-7H3. The highest BCUT2D eigenvalue weighted by Crippen LogP contribution is 2.45. The first-order chi connectivity index (χ1) is 13.9. The molecular formula is C23H30O6Si. The van der Waals surface area contributed by atoms with Crippen LogP contribution in [-0.4, -0.2) is 39.2 Å². The van der Waals surface area contributed by atoms with Crippen molar-refractivity contribution in [3.63, 3.8) is 0 Å². The van der Waals surface area contributed by atoms with E-state index >= 15 is 0 Å². The van der Waals surface area contributed by atoms with Crippen LogP contribution in [0.15, 0.2) is 36.4 Å². The molecule has 0 unspecified atom stereocenters. The maximum atomic E-state index is 12.8. The van der Waals surface area contributed by atoms with Crippen molar-refractivity contribution in [3.05, 3.63) is 47.5 Å². The summed E-state index contributed by atoms with van der Waals surface area (Å²) >= 11 is 0. The van der Waals surface area contributed by atoms with E-state index < -0.39 is 19.9 Å². The number of phenolic OH excluding ortho intramolecular Hbond substituents is 1. The molecule has 0 spiro atoms. The Morgan fingerprint density at radius 1 is 0.967 bits per heavy atom. The number of para-hydroxylation sites is 1. The van der Waals surface area contributed by atoms with Crippen molar-refractivity contribution in [2.45, 2.75) is 45.3 Å². The van der Waals surface area contributed by atoms with Gasteiger partial charge in [-0.05, 0) is 42.4 Å². The Balaban J connectivity index is 2.37. The van der Waals surface area contributed by atoms with E-state index in [1.165, 1.54) is 26.4 Å². The van der Waals surface area contributed by atoms with E-state index in [1.54, 1.807) is 24.3 Å². The Hall–Kier alpha value is -2.80. The van der Waals surface area contributed by atoms with Crippen molar-refractivity contribution < 1.29 is 28.6 Å². The van der Waals surface area contributed by atoms with Gasteiger partial charge >= 0.3 is 0 Å². The zero-order valence-corrected chi connectivity index (χ0v) is 19.7. The number of carbonyl (C=O) groups excluding carboxylic acids is 2. The zero-order valence-electron chi connectivity index (χ0n) is 18.7. The van der Waals surface area contributed by atoms with Crippen LogP contribution in [0.5, 0.6) is 23.0 Å². The maximum Gasteiger partial charge on any atom is 0.250 e. The highest BCUT2D eigenvalue weighted by Gasteiger charge is 2.40. The SMILES string of the molecule is COc1cc(C(=O)CC(=O)c2ccccc2O)cc(OC)c1O[Si](C)(C)C(C)(C)C. The summed E-state index contributed by atoms with van der Waals surface area (Å²) in [6, 6.07) is 9.27. The molecule has 0 aromatic heterocycles. The van der Waals surface area contributed by atoms with Gasteiger partial charge in [0.25, 0.3) is 8.32 Å². The summed E-state index contributed by atoms with van der Waals surface area (Å²) in [5, 5.41) is 9.81. The number of benzene rings is 2. The summed E-state index contributed by atoms with van der Waals surface area (Å²) in [6.07, 6.45) is -0.383. The number of Topliss-reactive ketones (excluding diaryl/α,β-unsaturated/α-hetero) is 2. The van der Waals surface area contributed by atoms with Crippen LogP contribution in [0.25, 0.3) is 0 Å². The molecule has 0 fully saturated rings. The molecule has 0 heterocycles. The number of phenols is 1. The van der Waals surface area contributed by atoms with Crippen molar-refractivity contribution in [3.8, 4) is 23.0 Å². The molecular weight excluding hydrogens is 400 g/mol. The van der Waals surface area contributed by atoms with Crippen molar-refractivity contribution >= 4 is 19.9 Å². The predicted molar refractivity (Wildman–Crippen MR) is 119 cm³/mol. The van der Waals surface area contributed by atoms with E-state index in [0.29, 0.717) is 17.2 Å². The third-order valence-electron chi connectivity index (χ3n) is 5.47. The number of methoxy groups -OCH3 is 2. The minimum Gasteiger partial charge on any atom is -0.539 e. The van der Waals surface area contributed by atoms with E-state index in [0.717, 1.165) is 0 Å². The molecule has 0 radical (unpaired) electrons. The number of rotatable bonds is 8. The largest absolute Gasteiger partial charge is 0.539 e. The Morgan fingerprint density at radius 3 is 1.97 bits per heavy atom. The average Bonchev–Trinajstić information content (AvgIpc) is 2.67. The molecule has 6 nitrogen and oxygen atoms in total. The fourth-order valence-electron chi connectivity index (χ4n) is 2.60. The highest BCUT2D eigenvalue weighted by molar-refractivity contribution is 6.74. The van der Waals surface area contributed by atoms with Gasteiger partial charge < -0.3 is 19.0 Å². The molecule has 0 aliphatic rings. The van der Waals surface area contributed by atoms with Crippen LogP contribution < -0.4 is 13.9 Å². The first kappa shape index (κ1) is 23.5. The summed E-state index contributed by atoms with van der Waals surface area (Å²) in [5.41, 5.74) is 0.387. The van der Waals surface area contributed by atoms with Gasteiger partial charge in [0.1, 0.15) is 5.75 Å². The number of hydrogen-bond donors (Lipinski definition) is 1. The van der Waals surface area contributed by atoms with Crippen molar-refractivity contribution in [1.29, 1.82) is 0 Å². The quantitative estimate of drug-likeness (QED) is 0.350. The first-order valence-corrected chi connectivity index (χ1v) is 12.6. The van der Waals surface area contributed by atoms with E-state index in [1.807, 2.05) is 0 Å². The minimum absolute atomic E-state index is 0.0401. The molecule has 0 atom stereocenters. The van der Waals surface area contributed by atoms with E-state index in [-0.39, 0.29) is 28.3 Å². The van der Waals surface area contributed by atoms with E-state index in [4.69, 9.17) is 13.9 Å². The Kier molecular flexibility index (Phi) is 6.97. The van der Waals surface area contributed by atoms with Crippen LogP contribution in [0.1, 0.15) is 47.9 Å². The van der Waals surface area contributed by atoms with Crippen LogP contribution in [0.3, 0.4) is 0 Å². The number of hydrogen-bond acceptors (Lipinski definition) is 6. The smallest absolute Gasteiger partial charge is 0.250 e. The lowest BCUT2D eigenvalue weighted by Gasteiger charge is -2.37. The first-order valence-electron chi connectivity index (χ1n) is 9.70. The molecule has 0 saturated heterocycles. The van der Waals surface area contributed by atoms with Crippen LogP contribution in [-0.2, 0) is 0 Å². The molecule has 1 N–H and O–H groups in total. The van der Waals surface area contributed by atoms with Crippen molar-refractivity contribution in [2.24, 2.45) is 0 Å². The maximum absolute atomic E-state index is 12.8. The molecule has 0 saturated carbocycles. The van der Waals surface area contributed by atoms with Gasteiger partial charge in [-0.1, -0.05) is 32.9 Å². The van der Waals surface area contributed by atoms with E-state index in [2.05, 4.69) is 33.9 Å². The fraction of sp³-hybridized carbons (Fsp3) is 0.391. The number of carbonyl (C=O) groups is 2. The van der Waals surface area contributed by atoms with Gasteiger partial charge in [0, 0.05) is 5.56 Å². The highest BCUT2D eigenvalue weighted by atomic mass is 28.4. The molecule has 0 bridgehead atoms.